The molecule has 0 N–H and O–H groups in total. The van der Waals surface area contributed by atoms with E-state index in [0.717, 1.165) is 31.5 Å². The zero-order valence-electron chi connectivity index (χ0n) is 16.1. The summed E-state index contributed by atoms with van der Waals surface area (Å²) in [6, 6.07) is 15.8. The average Bonchev–Trinajstić information content (AvgIpc) is 3.28. The molecular formula is C23H27ClN2O2. The first-order chi connectivity index (χ1) is 13.7. The number of rotatable bonds is 5. The van der Waals surface area contributed by atoms with Crippen molar-refractivity contribution in [3.05, 3.63) is 64.7 Å². The van der Waals surface area contributed by atoms with Gasteiger partial charge in [-0.3, -0.25) is 4.79 Å². The van der Waals surface area contributed by atoms with E-state index >= 15 is 0 Å². The van der Waals surface area contributed by atoms with E-state index in [2.05, 4.69) is 4.90 Å². The van der Waals surface area contributed by atoms with Gasteiger partial charge >= 0.3 is 0 Å². The summed E-state index contributed by atoms with van der Waals surface area (Å²) >= 11 is 5.94. The SMILES string of the molecule is O=C(c1ccccc1OCc1ccc(Cl)cc1)N1CCC(N2CCCC2)CC1. The van der Waals surface area contributed by atoms with E-state index in [1.807, 2.05) is 53.4 Å². The van der Waals surface area contributed by atoms with Crippen molar-refractivity contribution in [2.24, 2.45) is 0 Å². The summed E-state index contributed by atoms with van der Waals surface area (Å²) in [6.07, 6.45) is 4.77. The quantitative estimate of drug-likeness (QED) is 0.736. The summed E-state index contributed by atoms with van der Waals surface area (Å²) in [5.74, 6) is 0.718. The molecule has 0 unspecified atom stereocenters. The normalized spacial score (nSPS) is 18.4. The van der Waals surface area contributed by atoms with Crippen LogP contribution >= 0.6 is 11.6 Å². The van der Waals surface area contributed by atoms with Crippen molar-refractivity contribution in [2.75, 3.05) is 26.2 Å². The molecule has 0 atom stereocenters. The molecule has 0 saturated carbocycles. The molecule has 0 aliphatic carbocycles. The Hall–Kier alpha value is -2.04. The van der Waals surface area contributed by atoms with Crippen LogP contribution in [0.1, 0.15) is 41.6 Å². The fourth-order valence-corrected chi connectivity index (χ4v) is 4.35. The predicted octanol–water partition coefficient (Wildman–Crippen LogP) is 4.62. The summed E-state index contributed by atoms with van der Waals surface area (Å²) in [5, 5.41) is 0.705. The van der Waals surface area contributed by atoms with Crippen molar-refractivity contribution in [3.8, 4) is 5.75 Å². The van der Waals surface area contributed by atoms with Gasteiger partial charge in [0, 0.05) is 24.2 Å². The van der Waals surface area contributed by atoms with Crippen molar-refractivity contribution in [3.63, 3.8) is 0 Å². The summed E-state index contributed by atoms with van der Waals surface area (Å²) < 4.78 is 5.98. The average molecular weight is 399 g/mol. The number of hydrogen-bond acceptors (Lipinski definition) is 3. The molecule has 1 amide bonds. The molecule has 2 aromatic rings. The first-order valence-electron chi connectivity index (χ1n) is 10.2. The molecule has 0 bridgehead atoms. The number of amides is 1. The maximum Gasteiger partial charge on any atom is 0.257 e. The van der Waals surface area contributed by atoms with Gasteiger partial charge in [0.15, 0.2) is 0 Å². The van der Waals surface area contributed by atoms with Crippen LogP contribution < -0.4 is 4.74 Å². The van der Waals surface area contributed by atoms with Crippen molar-refractivity contribution in [2.45, 2.75) is 38.3 Å². The Morgan fingerprint density at radius 1 is 0.964 bits per heavy atom. The van der Waals surface area contributed by atoms with Crippen LogP contribution in [0.5, 0.6) is 5.75 Å². The van der Waals surface area contributed by atoms with Gasteiger partial charge in [-0.15, -0.1) is 0 Å². The molecule has 2 aliphatic heterocycles. The number of nitrogens with zero attached hydrogens (tertiary/aromatic N) is 2. The van der Waals surface area contributed by atoms with Crippen LogP contribution in [0.3, 0.4) is 0 Å². The molecule has 2 aliphatic rings. The van der Waals surface area contributed by atoms with E-state index in [9.17, 15) is 4.79 Å². The minimum absolute atomic E-state index is 0.0755. The van der Waals surface area contributed by atoms with E-state index in [4.69, 9.17) is 16.3 Å². The molecule has 2 heterocycles. The highest BCUT2D eigenvalue weighted by Crippen LogP contribution is 2.25. The van der Waals surface area contributed by atoms with Crippen LogP contribution in [0.4, 0.5) is 0 Å². The lowest BCUT2D eigenvalue weighted by Crippen LogP contribution is -2.45. The second-order valence-corrected chi connectivity index (χ2v) is 8.11. The van der Waals surface area contributed by atoms with Crippen molar-refractivity contribution in [1.29, 1.82) is 0 Å². The standard InChI is InChI=1S/C23H27ClN2O2/c24-19-9-7-18(8-10-19)17-28-22-6-2-1-5-21(22)23(27)26-15-11-20(12-16-26)25-13-3-4-14-25/h1-2,5-10,20H,3-4,11-17H2. The lowest BCUT2D eigenvalue weighted by molar-refractivity contribution is 0.0640. The van der Waals surface area contributed by atoms with Crippen LogP contribution in [-0.4, -0.2) is 47.9 Å². The Morgan fingerprint density at radius 2 is 1.64 bits per heavy atom. The zero-order chi connectivity index (χ0) is 19.3. The number of benzene rings is 2. The number of hydrogen-bond donors (Lipinski definition) is 0. The van der Waals surface area contributed by atoms with Crippen molar-refractivity contribution >= 4 is 17.5 Å². The fraction of sp³-hybridized carbons (Fsp3) is 0.435. The molecule has 28 heavy (non-hydrogen) atoms. The van der Waals surface area contributed by atoms with Crippen LogP contribution in [-0.2, 0) is 6.61 Å². The van der Waals surface area contributed by atoms with Crippen LogP contribution in [0.2, 0.25) is 5.02 Å². The van der Waals surface area contributed by atoms with Crippen LogP contribution in [0.15, 0.2) is 48.5 Å². The number of ether oxygens (including phenoxy) is 1. The zero-order valence-corrected chi connectivity index (χ0v) is 16.9. The predicted molar refractivity (Wildman–Crippen MR) is 112 cm³/mol. The van der Waals surface area contributed by atoms with Crippen LogP contribution in [0.25, 0.3) is 0 Å². The fourth-order valence-electron chi connectivity index (χ4n) is 4.22. The lowest BCUT2D eigenvalue weighted by atomic mass is 10.0. The van der Waals surface area contributed by atoms with Gasteiger partial charge in [0.05, 0.1) is 5.56 Å². The van der Waals surface area contributed by atoms with Gasteiger partial charge in [-0.2, -0.15) is 0 Å². The Kier molecular flexibility index (Phi) is 6.18. The topological polar surface area (TPSA) is 32.8 Å². The minimum Gasteiger partial charge on any atom is -0.488 e. The highest BCUT2D eigenvalue weighted by atomic mass is 35.5. The van der Waals surface area contributed by atoms with Gasteiger partial charge in [-0.05, 0) is 68.6 Å². The third-order valence-electron chi connectivity index (χ3n) is 5.83. The van der Waals surface area contributed by atoms with E-state index in [1.54, 1.807) is 0 Å². The molecule has 4 nitrogen and oxygen atoms in total. The summed E-state index contributed by atoms with van der Waals surface area (Å²) in [5.41, 5.74) is 1.68. The van der Waals surface area contributed by atoms with Gasteiger partial charge in [0.1, 0.15) is 12.4 Å². The van der Waals surface area contributed by atoms with Gasteiger partial charge in [-0.1, -0.05) is 35.9 Å². The van der Waals surface area contributed by atoms with E-state index in [0.29, 0.717) is 29.0 Å². The molecule has 4 rings (SSSR count). The molecule has 2 fully saturated rings. The monoisotopic (exact) mass is 398 g/mol. The van der Waals surface area contributed by atoms with Gasteiger partial charge in [0.25, 0.3) is 5.91 Å². The highest BCUT2D eigenvalue weighted by molar-refractivity contribution is 6.30. The van der Waals surface area contributed by atoms with Crippen LogP contribution in [0, 0.1) is 0 Å². The summed E-state index contributed by atoms with van der Waals surface area (Å²) in [4.78, 5) is 17.7. The molecule has 0 spiro atoms. The molecule has 5 heteroatoms. The third kappa shape index (κ3) is 4.50. The van der Waals surface area contributed by atoms with E-state index in [-0.39, 0.29) is 5.91 Å². The number of carbonyl (C=O) groups excluding carboxylic acids is 1. The van der Waals surface area contributed by atoms with E-state index < -0.39 is 0 Å². The maximum atomic E-state index is 13.1. The molecular weight excluding hydrogens is 372 g/mol. The Bertz CT molecular complexity index is 795. The summed E-state index contributed by atoms with van der Waals surface area (Å²) in [6.45, 7) is 4.51. The van der Waals surface area contributed by atoms with Crippen molar-refractivity contribution in [1.82, 2.24) is 9.80 Å². The maximum absolute atomic E-state index is 13.1. The Labute approximate surface area is 172 Å². The summed E-state index contributed by atoms with van der Waals surface area (Å²) in [7, 11) is 0. The largest absolute Gasteiger partial charge is 0.488 e. The van der Waals surface area contributed by atoms with Gasteiger partial charge in [-0.25, -0.2) is 0 Å². The minimum atomic E-state index is 0.0755. The number of halogens is 1. The lowest BCUT2D eigenvalue weighted by Gasteiger charge is -2.36. The Balaban J connectivity index is 1.38. The second-order valence-electron chi connectivity index (χ2n) is 7.68. The molecule has 148 valence electrons. The number of carbonyl (C=O) groups is 1. The highest BCUT2D eigenvalue weighted by Gasteiger charge is 2.29. The Morgan fingerprint density at radius 3 is 2.36 bits per heavy atom. The first kappa shape index (κ1) is 19.3. The molecule has 2 aromatic carbocycles. The molecule has 0 aromatic heterocycles. The molecule has 0 radical (unpaired) electrons. The van der Waals surface area contributed by atoms with Gasteiger partial charge < -0.3 is 14.5 Å². The number of para-hydroxylation sites is 1. The third-order valence-corrected chi connectivity index (χ3v) is 6.09. The van der Waals surface area contributed by atoms with Crippen molar-refractivity contribution < 1.29 is 9.53 Å². The van der Waals surface area contributed by atoms with Gasteiger partial charge in [0.2, 0.25) is 0 Å². The smallest absolute Gasteiger partial charge is 0.257 e. The first-order valence-corrected chi connectivity index (χ1v) is 10.6. The number of piperidine rings is 1. The number of likely N-dealkylation sites (tertiary alicyclic amines) is 2. The molecule has 2 saturated heterocycles. The second kappa shape index (κ2) is 8.97. The van der Waals surface area contributed by atoms with E-state index in [1.165, 1.54) is 25.9 Å².